The van der Waals surface area contributed by atoms with Crippen LogP contribution in [-0.4, -0.2) is 33.5 Å². The van der Waals surface area contributed by atoms with Crippen LogP contribution >= 0.6 is 0 Å². The van der Waals surface area contributed by atoms with Crippen molar-refractivity contribution in [3.05, 3.63) is 34.3 Å². The molecule has 1 fully saturated rings. The second-order valence-electron chi connectivity index (χ2n) is 7.01. The summed E-state index contributed by atoms with van der Waals surface area (Å²) in [6.45, 7) is 3.92. The maximum Gasteiger partial charge on any atom is 0.256 e. The van der Waals surface area contributed by atoms with E-state index in [0.717, 1.165) is 44.0 Å². The van der Waals surface area contributed by atoms with E-state index in [1.165, 1.54) is 19.3 Å². The van der Waals surface area contributed by atoms with E-state index in [1.54, 1.807) is 10.6 Å². The molecule has 128 valence electrons. The van der Waals surface area contributed by atoms with Gasteiger partial charge in [0.1, 0.15) is 6.17 Å². The molecular formula is C18H25N5O. The highest BCUT2D eigenvalue weighted by molar-refractivity contribution is 5.93. The topological polar surface area (TPSA) is 62.5 Å². The zero-order chi connectivity index (χ0) is 16.5. The molecule has 0 aromatic carbocycles. The first-order valence-electron chi connectivity index (χ1n) is 9.07. The van der Waals surface area contributed by atoms with Crippen LogP contribution in [0.2, 0.25) is 0 Å². The Morgan fingerprint density at radius 2 is 2.04 bits per heavy atom. The third kappa shape index (κ3) is 2.85. The number of guanidine groups is 1. The fourth-order valence-corrected chi connectivity index (χ4v) is 3.94. The van der Waals surface area contributed by atoms with Crippen molar-refractivity contribution in [2.45, 2.75) is 51.6 Å². The van der Waals surface area contributed by atoms with E-state index in [2.05, 4.69) is 27.4 Å². The number of nitrogens with one attached hydrogen (secondary N) is 1. The second-order valence-corrected chi connectivity index (χ2v) is 7.01. The van der Waals surface area contributed by atoms with Crippen LogP contribution in [-0.2, 0) is 0 Å². The van der Waals surface area contributed by atoms with E-state index >= 15 is 0 Å². The van der Waals surface area contributed by atoms with Crippen molar-refractivity contribution in [1.82, 2.24) is 14.5 Å². The van der Waals surface area contributed by atoms with Crippen molar-refractivity contribution in [2.24, 2.45) is 10.9 Å². The number of fused-ring (bicyclic) bond motifs is 1. The third-order valence-corrected chi connectivity index (χ3v) is 5.21. The van der Waals surface area contributed by atoms with E-state index < -0.39 is 0 Å². The average Bonchev–Trinajstić information content (AvgIpc) is 2.62. The standard InChI is InChI=1S/C18H25N5O/c1-13-12-15(24)23-16(14-8-4-2-5-9-14)20-17(21-18(23)19-13)22-10-6-3-7-11-22/h2,4,12,14,16H,3,5-11H2,1H3,(H,19,20,21)/t14-,16-/m0/s1. The SMILES string of the molecule is Cc1cc(=O)n2c(n1)NC(N1CCCCC1)=N[C@@H]2[C@H]1CC=CCC1. The minimum absolute atomic E-state index is 0.00834. The fourth-order valence-electron chi connectivity index (χ4n) is 3.94. The van der Waals surface area contributed by atoms with Crippen LogP contribution in [0, 0.1) is 12.8 Å². The number of hydrogen-bond acceptors (Lipinski definition) is 5. The smallest absolute Gasteiger partial charge is 0.256 e. The lowest BCUT2D eigenvalue weighted by Gasteiger charge is -2.37. The largest absolute Gasteiger partial charge is 0.343 e. The van der Waals surface area contributed by atoms with Crippen molar-refractivity contribution < 1.29 is 0 Å². The third-order valence-electron chi connectivity index (χ3n) is 5.21. The first kappa shape index (κ1) is 15.4. The van der Waals surface area contributed by atoms with Crippen LogP contribution in [0.4, 0.5) is 5.95 Å². The van der Waals surface area contributed by atoms with Gasteiger partial charge in [0.05, 0.1) is 0 Å². The van der Waals surface area contributed by atoms with E-state index in [0.29, 0.717) is 11.9 Å². The zero-order valence-electron chi connectivity index (χ0n) is 14.2. The van der Waals surface area contributed by atoms with Crippen molar-refractivity contribution in [3.8, 4) is 0 Å². The van der Waals surface area contributed by atoms with Gasteiger partial charge in [-0.2, -0.15) is 0 Å². The Kier molecular flexibility index (Phi) is 4.12. The molecule has 4 rings (SSSR count). The van der Waals surface area contributed by atoms with Crippen molar-refractivity contribution >= 4 is 11.9 Å². The Labute approximate surface area is 142 Å². The van der Waals surface area contributed by atoms with Crippen molar-refractivity contribution in [3.63, 3.8) is 0 Å². The summed E-state index contributed by atoms with van der Waals surface area (Å²) in [5.41, 5.74) is 0.743. The van der Waals surface area contributed by atoms with Crippen LogP contribution in [0.5, 0.6) is 0 Å². The number of nitrogens with zero attached hydrogens (tertiary/aromatic N) is 4. The van der Waals surface area contributed by atoms with Gasteiger partial charge in [0.2, 0.25) is 11.9 Å². The highest BCUT2D eigenvalue weighted by Gasteiger charge is 2.32. The van der Waals surface area contributed by atoms with Crippen LogP contribution in [0.25, 0.3) is 0 Å². The van der Waals surface area contributed by atoms with Gasteiger partial charge in [0.15, 0.2) is 0 Å². The Morgan fingerprint density at radius 3 is 2.79 bits per heavy atom. The van der Waals surface area contributed by atoms with Crippen LogP contribution < -0.4 is 10.9 Å². The highest BCUT2D eigenvalue weighted by atomic mass is 16.1. The van der Waals surface area contributed by atoms with Crippen molar-refractivity contribution in [1.29, 1.82) is 0 Å². The molecule has 0 radical (unpaired) electrons. The Bertz CT molecular complexity index is 729. The molecule has 0 saturated carbocycles. The number of allylic oxidation sites excluding steroid dienone is 2. The summed E-state index contributed by atoms with van der Waals surface area (Å²) < 4.78 is 1.75. The fraction of sp³-hybridized carbons (Fsp3) is 0.611. The molecule has 6 nitrogen and oxygen atoms in total. The van der Waals surface area contributed by atoms with Gasteiger partial charge in [-0.25, -0.2) is 9.98 Å². The monoisotopic (exact) mass is 327 g/mol. The van der Waals surface area contributed by atoms with Gasteiger partial charge in [-0.05, 0) is 45.4 Å². The molecule has 0 unspecified atom stereocenters. The normalized spacial score (nSPS) is 26.5. The number of hydrogen-bond donors (Lipinski definition) is 1. The molecule has 1 aromatic heterocycles. The predicted molar refractivity (Wildman–Crippen MR) is 95.2 cm³/mol. The van der Waals surface area contributed by atoms with Gasteiger partial charge in [-0.3, -0.25) is 14.7 Å². The van der Waals surface area contributed by atoms with Gasteiger partial charge >= 0.3 is 0 Å². The molecule has 24 heavy (non-hydrogen) atoms. The molecule has 0 amide bonds. The molecular weight excluding hydrogens is 302 g/mol. The maximum absolute atomic E-state index is 12.6. The number of likely N-dealkylation sites (tertiary alicyclic amines) is 1. The summed E-state index contributed by atoms with van der Waals surface area (Å²) in [4.78, 5) is 24.5. The number of piperidine rings is 1. The lowest BCUT2D eigenvalue weighted by atomic mass is 9.91. The molecule has 1 aromatic rings. The number of rotatable bonds is 1. The van der Waals surface area contributed by atoms with Crippen molar-refractivity contribution in [2.75, 3.05) is 18.4 Å². The number of aryl methyl sites for hydroxylation is 1. The molecule has 1 aliphatic carbocycles. The molecule has 6 heteroatoms. The summed E-state index contributed by atoms with van der Waals surface area (Å²) in [6, 6.07) is 1.61. The van der Waals surface area contributed by atoms with Crippen LogP contribution in [0.1, 0.15) is 50.4 Å². The second kappa shape index (κ2) is 6.42. The van der Waals surface area contributed by atoms with Crippen LogP contribution in [0.15, 0.2) is 28.0 Å². The van der Waals surface area contributed by atoms with E-state index in [4.69, 9.17) is 4.99 Å². The summed E-state index contributed by atoms with van der Waals surface area (Å²) in [7, 11) is 0. The summed E-state index contributed by atoms with van der Waals surface area (Å²) in [6.07, 6.45) is 11.1. The van der Waals surface area contributed by atoms with Gasteiger partial charge in [0.25, 0.3) is 5.56 Å². The van der Waals surface area contributed by atoms with E-state index in [-0.39, 0.29) is 11.7 Å². The van der Waals surface area contributed by atoms with Gasteiger partial charge in [0, 0.05) is 30.8 Å². The molecule has 1 N–H and O–H groups in total. The molecule has 2 atom stereocenters. The zero-order valence-corrected chi connectivity index (χ0v) is 14.2. The molecule has 3 heterocycles. The average molecular weight is 327 g/mol. The Balaban J connectivity index is 1.74. The van der Waals surface area contributed by atoms with Crippen LogP contribution in [0.3, 0.4) is 0 Å². The lowest BCUT2D eigenvalue weighted by molar-refractivity contribution is 0.289. The number of anilines is 1. The quantitative estimate of drug-likeness (QED) is 0.806. The first-order valence-corrected chi connectivity index (χ1v) is 9.07. The summed E-state index contributed by atoms with van der Waals surface area (Å²) in [5.74, 6) is 1.90. The van der Waals surface area contributed by atoms with Gasteiger partial charge in [-0.15, -0.1) is 0 Å². The minimum atomic E-state index is -0.149. The molecule has 3 aliphatic rings. The molecule has 0 spiro atoms. The molecule has 1 saturated heterocycles. The van der Waals surface area contributed by atoms with Gasteiger partial charge < -0.3 is 4.90 Å². The lowest BCUT2D eigenvalue weighted by Crippen LogP contribution is -2.46. The van der Waals surface area contributed by atoms with E-state index in [9.17, 15) is 4.79 Å². The first-order chi connectivity index (χ1) is 11.7. The minimum Gasteiger partial charge on any atom is -0.343 e. The highest BCUT2D eigenvalue weighted by Crippen LogP contribution is 2.34. The number of aromatic nitrogens is 2. The van der Waals surface area contributed by atoms with Gasteiger partial charge in [-0.1, -0.05) is 12.2 Å². The Hall–Kier alpha value is -2.11. The van der Waals surface area contributed by atoms with E-state index in [1.807, 2.05) is 6.92 Å². The number of aliphatic imine (C=N–C) groups is 1. The molecule has 2 aliphatic heterocycles. The maximum atomic E-state index is 12.6. The predicted octanol–water partition coefficient (Wildman–Crippen LogP) is 2.67. The Morgan fingerprint density at radius 1 is 1.21 bits per heavy atom. The molecule has 0 bridgehead atoms. The summed E-state index contributed by atoms with van der Waals surface area (Å²) >= 11 is 0. The summed E-state index contributed by atoms with van der Waals surface area (Å²) in [5, 5.41) is 3.33.